The van der Waals surface area contributed by atoms with Gasteiger partial charge in [-0.25, -0.2) is 22.2 Å². The van der Waals surface area contributed by atoms with E-state index in [0.29, 0.717) is 0 Å². The first-order valence-corrected chi connectivity index (χ1v) is 11.4. The lowest BCUT2D eigenvalue weighted by Crippen LogP contribution is -2.29. The number of hydrogen-bond donors (Lipinski definition) is 1. The fourth-order valence-corrected chi connectivity index (χ4v) is 4.63. The van der Waals surface area contributed by atoms with Crippen LogP contribution < -0.4 is 4.72 Å². The Hall–Kier alpha value is -2.57. The van der Waals surface area contributed by atoms with Gasteiger partial charge in [-0.15, -0.1) is 0 Å². The third-order valence-corrected chi connectivity index (χ3v) is 6.36. The van der Waals surface area contributed by atoms with Crippen LogP contribution in [0.25, 0.3) is 0 Å². The normalized spacial score (nSPS) is 14.6. The predicted octanol–water partition coefficient (Wildman–Crippen LogP) is 3.33. The van der Waals surface area contributed by atoms with Crippen molar-refractivity contribution in [2.45, 2.75) is 30.7 Å². The molecule has 0 aliphatic carbocycles. The molecule has 1 saturated heterocycles. The SMILES string of the molecule is O=S(=O)(Nc1ncns1)c1cc(F)c(CN2CCCCC2)cc1F.[HH].c1ccnnc1. The largest absolute Gasteiger partial charge is 0.299 e. The topological polar surface area (TPSA) is 101 Å². The van der Waals surface area contributed by atoms with Crippen molar-refractivity contribution < 1.29 is 18.6 Å². The molecule has 1 aliphatic heterocycles. The minimum Gasteiger partial charge on any atom is -0.299 e. The van der Waals surface area contributed by atoms with Crippen LogP contribution in [0, 0.1) is 11.6 Å². The van der Waals surface area contributed by atoms with Crippen LogP contribution in [-0.4, -0.2) is 46.0 Å². The predicted molar refractivity (Wildman–Crippen MR) is 110 cm³/mol. The summed E-state index contributed by atoms with van der Waals surface area (Å²) in [5.41, 5.74) is 0.157. The quantitative estimate of drug-likeness (QED) is 0.628. The molecule has 1 aliphatic rings. The summed E-state index contributed by atoms with van der Waals surface area (Å²) in [4.78, 5) is 4.97. The summed E-state index contributed by atoms with van der Waals surface area (Å²) in [5.74, 6) is -1.72. The molecular weight excluding hydrogens is 434 g/mol. The number of sulfonamides is 1. The standard InChI is InChI=1S/C14H16F2N4O2S2.C4H4N2.H2/c15-11-7-13(24(21,22)19-14-17-9-18-23-14)12(16)6-10(11)8-20-4-2-1-3-5-20;1-2-4-6-5-3-1;/h6-7,9H,1-5,8H2,(H,17,18,19);1-4H;1H. The first-order valence-electron chi connectivity index (χ1n) is 9.17. The highest BCUT2D eigenvalue weighted by Gasteiger charge is 2.24. The van der Waals surface area contributed by atoms with E-state index in [0.717, 1.165) is 56.0 Å². The molecule has 1 fully saturated rings. The lowest BCUT2D eigenvalue weighted by molar-refractivity contribution is 0.218. The Labute approximate surface area is 178 Å². The molecule has 0 atom stereocenters. The molecule has 4 rings (SSSR count). The fraction of sp³-hybridized carbons (Fsp3) is 0.333. The summed E-state index contributed by atoms with van der Waals surface area (Å²) >= 11 is 0.807. The van der Waals surface area contributed by atoms with Gasteiger partial charge in [0.2, 0.25) is 5.13 Å². The van der Waals surface area contributed by atoms with Gasteiger partial charge in [0, 0.05) is 37.5 Å². The zero-order chi connectivity index (χ0) is 21.4. The van der Waals surface area contributed by atoms with Gasteiger partial charge in [0.15, 0.2) is 0 Å². The molecule has 0 unspecified atom stereocenters. The maximum Gasteiger partial charge on any atom is 0.266 e. The molecule has 0 radical (unpaired) electrons. The summed E-state index contributed by atoms with van der Waals surface area (Å²) in [5, 5.41) is 7.06. The van der Waals surface area contributed by atoms with E-state index in [4.69, 9.17) is 0 Å². The molecule has 0 bridgehead atoms. The van der Waals surface area contributed by atoms with E-state index >= 15 is 0 Å². The van der Waals surface area contributed by atoms with Crippen LogP contribution in [0.15, 0.2) is 47.9 Å². The Morgan fingerprint density at radius 1 is 1.07 bits per heavy atom. The van der Waals surface area contributed by atoms with Crippen LogP contribution >= 0.6 is 11.5 Å². The van der Waals surface area contributed by atoms with Crippen molar-refractivity contribution in [2.24, 2.45) is 0 Å². The van der Waals surface area contributed by atoms with Crippen molar-refractivity contribution in [3.8, 4) is 0 Å². The van der Waals surface area contributed by atoms with E-state index in [1.807, 2.05) is 17.0 Å². The van der Waals surface area contributed by atoms with Gasteiger partial charge in [-0.05, 0) is 50.2 Å². The van der Waals surface area contributed by atoms with E-state index in [1.54, 1.807) is 12.4 Å². The van der Waals surface area contributed by atoms with Crippen molar-refractivity contribution in [1.29, 1.82) is 0 Å². The fourth-order valence-electron chi connectivity index (χ4n) is 2.90. The third-order valence-electron chi connectivity index (χ3n) is 4.30. The minimum absolute atomic E-state index is 0. The molecule has 1 N–H and O–H groups in total. The molecule has 2 aromatic heterocycles. The number of hydrogen-bond acceptors (Lipinski definition) is 8. The second-order valence-electron chi connectivity index (χ2n) is 6.48. The molecule has 3 heterocycles. The molecule has 0 amide bonds. The van der Waals surface area contributed by atoms with Gasteiger partial charge in [-0.1, -0.05) is 6.42 Å². The summed E-state index contributed by atoms with van der Waals surface area (Å²) < 4.78 is 58.7. The minimum atomic E-state index is -4.26. The van der Waals surface area contributed by atoms with E-state index in [1.165, 1.54) is 6.33 Å². The maximum atomic E-state index is 14.3. The number of nitrogens with zero attached hydrogens (tertiary/aromatic N) is 5. The number of nitrogens with one attached hydrogen (secondary N) is 1. The number of benzene rings is 1. The van der Waals surface area contributed by atoms with Crippen molar-refractivity contribution in [2.75, 3.05) is 17.8 Å². The Bertz CT molecular complexity index is 1010. The molecule has 30 heavy (non-hydrogen) atoms. The van der Waals surface area contributed by atoms with Crippen molar-refractivity contribution >= 4 is 26.7 Å². The van der Waals surface area contributed by atoms with Gasteiger partial charge in [0.05, 0.1) is 0 Å². The summed E-state index contributed by atoms with van der Waals surface area (Å²) in [6.07, 6.45) is 7.65. The zero-order valence-corrected chi connectivity index (χ0v) is 17.5. The van der Waals surface area contributed by atoms with E-state index in [2.05, 4.69) is 24.3 Å². The number of anilines is 1. The van der Waals surface area contributed by atoms with Gasteiger partial charge < -0.3 is 0 Å². The third kappa shape index (κ3) is 6.21. The number of aromatic nitrogens is 4. The maximum absolute atomic E-state index is 14.3. The lowest BCUT2D eigenvalue weighted by atomic mass is 10.1. The van der Waals surface area contributed by atoms with Gasteiger partial charge in [0.25, 0.3) is 10.0 Å². The average molecular weight is 457 g/mol. The molecule has 3 aromatic rings. The van der Waals surface area contributed by atoms with E-state index in [-0.39, 0.29) is 18.7 Å². The van der Waals surface area contributed by atoms with Gasteiger partial charge in [0.1, 0.15) is 22.9 Å². The summed E-state index contributed by atoms with van der Waals surface area (Å²) in [7, 11) is -4.26. The highest BCUT2D eigenvalue weighted by Crippen LogP contribution is 2.24. The summed E-state index contributed by atoms with van der Waals surface area (Å²) in [6.45, 7) is 1.94. The monoisotopic (exact) mass is 456 g/mol. The second kappa shape index (κ2) is 10.5. The highest BCUT2D eigenvalue weighted by atomic mass is 32.2. The van der Waals surface area contributed by atoms with Gasteiger partial charge in [-0.3, -0.25) is 9.62 Å². The Balaban J connectivity index is 0.000000422. The number of likely N-dealkylation sites (tertiary alicyclic amines) is 1. The molecule has 0 saturated carbocycles. The number of rotatable bonds is 5. The van der Waals surface area contributed by atoms with E-state index in [9.17, 15) is 17.2 Å². The Kier molecular flexibility index (Phi) is 7.71. The van der Waals surface area contributed by atoms with Crippen LogP contribution in [0.4, 0.5) is 13.9 Å². The number of piperidine rings is 1. The Morgan fingerprint density at radius 3 is 2.33 bits per heavy atom. The smallest absolute Gasteiger partial charge is 0.266 e. The van der Waals surface area contributed by atoms with Crippen molar-refractivity contribution in [1.82, 2.24) is 24.5 Å². The Morgan fingerprint density at radius 2 is 1.77 bits per heavy atom. The van der Waals surface area contributed by atoms with Crippen molar-refractivity contribution in [3.63, 3.8) is 0 Å². The van der Waals surface area contributed by atoms with Crippen LogP contribution in [0.1, 0.15) is 26.3 Å². The zero-order valence-electron chi connectivity index (χ0n) is 15.9. The van der Waals surface area contributed by atoms with Gasteiger partial charge >= 0.3 is 0 Å². The van der Waals surface area contributed by atoms with Crippen LogP contribution in [0.2, 0.25) is 0 Å². The second-order valence-corrected chi connectivity index (χ2v) is 8.91. The molecule has 0 spiro atoms. The molecular formula is C18H22F2N6O2S2. The highest BCUT2D eigenvalue weighted by molar-refractivity contribution is 7.93. The molecule has 12 heteroatoms. The van der Waals surface area contributed by atoms with Gasteiger partial charge in [-0.2, -0.15) is 14.6 Å². The van der Waals surface area contributed by atoms with Crippen LogP contribution in [0.5, 0.6) is 0 Å². The van der Waals surface area contributed by atoms with E-state index < -0.39 is 26.6 Å². The molecule has 1 aromatic carbocycles. The van der Waals surface area contributed by atoms with Crippen LogP contribution in [-0.2, 0) is 16.6 Å². The first kappa shape index (κ1) is 22.1. The average Bonchev–Trinajstić information content (AvgIpc) is 3.25. The lowest BCUT2D eigenvalue weighted by Gasteiger charge is -2.26. The molecule has 8 nitrogen and oxygen atoms in total. The molecule has 162 valence electrons. The van der Waals surface area contributed by atoms with Crippen molar-refractivity contribution in [3.05, 3.63) is 60.2 Å². The van der Waals surface area contributed by atoms with Crippen LogP contribution in [0.3, 0.4) is 0 Å². The first-order chi connectivity index (χ1) is 14.5. The number of halogens is 2. The summed E-state index contributed by atoms with van der Waals surface area (Å²) in [6, 6.07) is 5.33.